The molecule has 0 fully saturated rings. The van der Waals surface area contributed by atoms with E-state index in [0.717, 1.165) is 11.3 Å². The Bertz CT molecular complexity index is 1610. The number of nitro benzene ring substituents is 2. The third-order valence-corrected chi connectivity index (χ3v) is 5.80. The number of aryl methyl sites for hydroxylation is 2. The molecule has 0 aliphatic heterocycles. The van der Waals surface area contributed by atoms with Gasteiger partial charge in [-0.3, -0.25) is 29.6 Å². The van der Waals surface area contributed by atoms with Crippen LogP contribution in [0.3, 0.4) is 0 Å². The van der Waals surface area contributed by atoms with Crippen molar-refractivity contribution in [3.05, 3.63) is 117 Å². The van der Waals surface area contributed by atoms with E-state index < -0.39 is 9.85 Å². The smallest absolute Gasteiger partial charge is 0.270 e. The fourth-order valence-corrected chi connectivity index (χ4v) is 3.81. The van der Waals surface area contributed by atoms with Crippen LogP contribution in [0.5, 0.6) is 11.5 Å². The fraction of sp³-hybridized carbons (Fsp3) is 0.111. The van der Waals surface area contributed by atoms with E-state index in [0.29, 0.717) is 29.2 Å². The summed E-state index contributed by atoms with van der Waals surface area (Å²) in [7, 11) is 3.49. The summed E-state index contributed by atoms with van der Waals surface area (Å²) in [5.41, 5.74) is 3.42. The molecule has 0 saturated heterocycles. The van der Waals surface area contributed by atoms with Gasteiger partial charge in [-0.05, 0) is 29.8 Å². The summed E-state index contributed by atoms with van der Waals surface area (Å²) in [6.07, 6.45) is 3.21. The minimum absolute atomic E-state index is 0.00537. The second-order valence-corrected chi connectivity index (χ2v) is 8.35. The highest BCUT2D eigenvalue weighted by Crippen LogP contribution is 2.34. The molecule has 0 spiro atoms. The van der Waals surface area contributed by atoms with E-state index in [2.05, 4.69) is 10.2 Å². The van der Waals surface area contributed by atoms with Crippen molar-refractivity contribution in [3.63, 3.8) is 0 Å². The lowest BCUT2D eigenvalue weighted by Crippen LogP contribution is -2.00. The molecule has 2 aromatic heterocycles. The van der Waals surface area contributed by atoms with Crippen molar-refractivity contribution in [3.8, 4) is 34.0 Å². The van der Waals surface area contributed by atoms with Crippen LogP contribution in [0.25, 0.3) is 22.5 Å². The van der Waals surface area contributed by atoms with E-state index in [1.807, 2.05) is 30.3 Å². The van der Waals surface area contributed by atoms with Gasteiger partial charge in [0.1, 0.15) is 18.1 Å². The molecule has 2 heterocycles. The van der Waals surface area contributed by atoms with Gasteiger partial charge < -0.3 is 9.84 Å². The summed E-state index contributed by atoms with van der Waals surface area (Å²) in [5.74, 6) is 0.581. The van der Waals surface area contributed by atoms with Gasteiger partial charge in [0.25, 0.3) is 11.4 Å². The van der Waals surface area contributed by atoms with E-state index in [1.165, 1.54) is 30.3 Å². The first-order valence-electron chi connectivity index (χ1n) is 11.6. The maximum atomic E-state index is 11.0. The molecule has 0 aliphatic rings. The first kappa shape index (κ1) is 26.5. The van der Waals surface area contributed by atoms with Crippen LogP contribution in [0, 0.1) is 20.2 Å². The number of rotatable bonds is 7. The Kier molecular flexibility index (Phi) is 7.95. The van der Waals surface area contributed by atoms with Gasteiger partial charge in [-0.15, -0.1) is 0 Å². The average Bonchev–Trinajstić information content (AvgIpc) is 3.56. The molecule has 12 nitrogen and oxygen atoms in total. The quantitative estimate of drug-likeness (QED) is 0.221. The molecule has 5 rings (SSSR count). The Morgan fingerprint density at radius 3 is 1.85 bits per heavy atom. The van der Waals surface area contributed by atoms with Crippen molar-refractivity contribution in [2.24, 2.45) is 14.1 Å². The monoisotopic (exact) mass is 528 g/mol. The van der Waals surface area contributed by atoms with Gasteiger partial charge in [0.05, 0.1) is 21.2 Å². The maximum absolute atomic E-state index is 11.0. The van der Waals surface area contributed by atoms with E-state index >= 15 is 0 Å². The summed E-state index contributed by atoms with van der Waals surface area (Å²) >= 11 is 0. The second kappa shape index (κ2) is 11.7. The molecular weight excluding hydrogens is 504 g/mol. The number of aromatic nitrogens is 4. The maximum Gasteiger partial charge on any atom is 0.270 e. The molecule has 0 atom stereocenters. The van der Waals surface area contributed by atoms with Crippen LogP contribution >= 0.6 is 0 Å². The number of hydrogen-bond donors (Lipinski definition) is 1. The first-order valence-corrected chi connectivity index (χ1v) is 11.6. The van der Waals surface area contributed by atoms with Crippen LogP contribution in [0.4, 0.5) is 11.4 Å². The number of hydrogen-bond acceptors (Lipinski definition) is 8. The van der Waals surface area contributed by atoms with Gasteiger partial charge in [0, 0.05) is 61.9 Å². The Morgan fingerprint density at radius 2 is 1.31 bits per heavy atom. The number of non-ortho nitro benzene ring substituents is 2. The van der Waals surface area contributed by atoms with Crippen molar-refractivity contribution in [1.29, 1.82) is 0 Å². The topological polar surface area (TPSA) is 151 Å². The average molecular weight is 529 g/mol. The van der Waals surface area contributed by atoms with Crippen LogP contribution in [0.2, 0.25) is 0 Å². The van der Waals surface area contributed by atoms with Crippen molar-refractivity contribution in [1.82, 2.24) is 19.6 Å². The number of aromatic hydroxyl groups is 1. The molecule has 0 unspecified atom stereocenters. The predicted molar refractivity (Wildman–Crippen MR) is 143 cm³/mol. The predicted octanol–water partition coefficient (Wildman–Crippen LogP) is 5.28. The molecular formula is C27H24N6O6. The van der Waals surface area contributed by atoms with E-state index in [1.54, 1.807) is 54.1 Å². The van der Waals surface area contributed by atoms with Crippen LogP contribution in [-0.4, -0.2) is 34.5 Å². The third-order valence-electron chi connectivity index (χ3n) is 5.80. The highest BCUT2D eigenvalue weighted by Gasteiger charge is 2.16. The molecule has 0 bridgehead atoms. The van der Waals surface area contributed by atoms with Gasteiger partial charge in [0.2, 0.25) is 0 Å². The first-order chi connectivity index (χ1) is 18.7. The number of phenols is 1. The zero-order valence-electron chi connectivity index (χ0n) is 21.0. The molecule has 0 aliphatic carbocycles. The molecule has 198 valence electrons. The molecule has 1 N–H and O–H groups in total. The molecule has 5 aromatic rings. The number of ether oxygens (including phenoxy) is 1. The summed E-state index contributed by atoms with van der Waals surface area (Å²) in [6.45, 7) is 0.392. The van der Waals surface area contributed by atoms with Gasteiger partial charge >= 0.3 is 0 Å². The minimum atomic E-state index is -0.501. The largest absolute Gasteiger partial charge is 0.507 e. The molecule has 3 aromatic carbocycles. The molecule has 12 heteroatoms. The zero-order chi connectivity index (χ0) is 27.9. The molecule has 39 heavy (non-hydrogen) atoms. The van der Waals surface area contributed by atoms with Crippen LogP contribution in [0.1, 0.15) is 5.56 Å². The summed E-state index contributed by atoms with van der Waals surface area (Å²) < 4.78 is 9.07. The molecule has 0 amide bonds. The van der Waals surface area contributed by atoms with Gasteiger partial charge in [-0.2, -0.15) is 10.2 Å². The normalized spacial score (nSPS) is 10.4. The highest BCUT2D eigenvalue weighted by molar-refractivity contribution is 5.71. The summed E-state index contributed by atoms with van der Waals surface area (Å²) in [5, 5.41) is 39.4. The highest BCUT2D eigenvalue weighted by atomic mass is 16.6. The number of phenolic OH excluding ortho intramolecular Hbond substituents is 1. The zero-order valence-corrected chi connectivity index (χ0v) is 21.0. The lowest BCUT2D eigenvalue weighted by Gasteiger charge is -2.12. The Hall–Kier alpha value is -5.52. The van der Waals surface area contributed by atoms with Gasteiger partial charge in [-0.25, -0.2) is 0 Å². The minimum Gasteiger partial charge on any atom is -0.507 e. The summed E-state index contributed by atoms with van der Waals surface area (Å²) in [4.78, 5) is 20.7. The summed E-state index contributed by atoms with van der Waals surface area (Å²) in [6, 6.07) is 21.7. The SMILES string of the molecule is Cn1nccc1-c1cc([N+](=O)[O-])ccc1O.Cn1nccc1-c1cc([N+](=O)[O-])ccc1OCc1ccccc1. The fourth-order valence-electron chi connectivity index (χ4n) is 3.81. The lowest BCUT2D eigenvalue weighted by atomic mass is 10.1. The van der Waals surface area contributed by atoms with E-state index in [4.69, 9.17) is 4.74 Å². The lowest BCUT2D eigenvalue weighted by molar-refractivity contribution is -0.385. The Morgan fingerprint density at radius 1 is 0.769 bits per heavy atom. The van der Waals surface area contributed by atoms with E-state index in [9.17, 15) is 25.3 Å². The van der Waals surface area contributed by atoms with Crippen molar-refractivity contribution in [2.45, 2.75) is 6.61 Å². The van der Waals surface area contributed by atoms with Crippen LogP contribution < -0.4 is 4.74 Å². The van der Waals surface area contributed by atoms with Gasteiger partial charge in [0.15, 0.2) is 0 Å². The molecule has 0 saturated carbocycles. The van der Waals surface area contributed by atoms with E-state index in [-0.39, 0.29) is 17.1 Å². The Labute approximate surface area is 222 Å². The van der Waals surface area contributed by atoms with Crippen LogP contribution in [-0.2, 0) is 20.7 Å². The van der Waals surface area contributed by atoms with Crippen molar-refractivity contribution >= 4 is 11.4 Å². The number of nitro groups is 2. The number of nitrogens with zero attached hydrogens (tertiary/aromatic N) is 6. The second-order valence-electron chi connectivity index (χ2n) is 8.35. The molecule has 0 radical (unpaired) electrons. The van der Waals surface area contributed by atoms with Crippen LogP contribution in [0.15, 0.2) is 91.3 Å². The third kappa shape index (κ3) is 6.25. The standard InChI is InChI=1S/C17H15N3O3.C10H9N3O3/c1-19-16(9-10-18-19)15-11-14(20(21)22)7-8-17(15)23-12-13-5-3-2-4-6-13;1-12-9(4-5-11-12)8-6-7(13(15)16)2-3-10(8)14/h2-11H,12H2,1H3;2-6,14H,1H3. The van der Waals surface area contributed by atoms with Gasteiger partial charge in [-0.1, -0.05) is 30.3 Å². The Balaban J connectivity index is 0.000000193. The number of benzene rings is 3. The van der Waals surface area contributed by atoms with Crippen molar-refractivity contribution < 1.29 is 19.7 Å². The van der Waals surface area contributed by atoms with Crippen molar-refractivity contribution in [2.75, 3.05) is 0 Å².